The van der Waals surface area contributed by atoms with E-state index in [1.807, 2.05) is 6.07 Å². The Morgan fingerprint density at radius 2 is 1.95 bits per heavy atom. The highest BCUT2D eigenvalue weighted by Crippen LogP contribution is 2.41. The largest absolute Gasteiger partial charge is 0.241 e. The van der Waals surface area contributed by atoms with Gasteiger partial charge in [-0.1, -0.05) is 36.4 Å². The van der Waals surface area contributed by atoms with Crippen LogP contribution in [0.4, 0.5) is 0 Å². The van der Waals surface area contributed by atoms with E-state index in [1.165, 1.54) is 15.8 Å². The van der Waals surface area contributed by atoms with Gasteiger partial charge in [0, 0.05) is 17.7 Å². The van der Waals surface area contributed by atoms with E-state index >= 15 is 0 Å². The topological polar surface area (TPSA) is 12.9 Å². The predicted octanol–water partition coefficient (Wildman–Crippen LogP) is 4.79. The van der Waals surface area contributed by atoms with Gasteiger partial charge in [-0.15, -0.1) is 22.9 Å². The molecule has 0 saturated heterocycles. The summed E-state index contributed by atoms with van der Waals surface area (Å²) in [4.78, 5) is 4.68. The summed E-state index contributed by atoms with van der Waals surface area (Å²) in [6, 6.07) is 16.9. The SMILES string of the molecule is ClC(Cc1nc2ccccc2s1)C1Cc2ccccc21. The van der Waals surface area contributed by atoms with Crippen molar-refractivity contribution in [3.63, 3.8) is 0 Å². The number of hydrogen-bond donors (Lipinski definition) is 0. The standard InChI is InChI=1S/C17H14ClNS/c18-14(13-9-11-5-1-2-6-12(11)13)10-17-19-15-7-3-4-8-16(15)20-17/h1-8,13-14H,9-10H2. The van der Waals surface area contributed by atoms with Crippen LogP contribution in [-0.2, 0) is 12.8 Å². The zero-order valence-corrected chi connectivity index (χ0v) is 12.5. The second-order valence-corrected chi connectivity index (χ2v) is 6.98. The monoisotopic (exact) mass is 299 g/mol. The Morgan fingerprint density at radius 1 is 1.15 bits per heavy atom. The van der Waals surface area contributed by atoms with Gasteiger partial charge in [0.1, 0.15) is 0 Å². The number of aromatic nitrogens is 1. The molecule has 2 unspecified atom stereocenters. The van der Waals surface area contributed by atoms with Gasteiger partial charge >= 0.3 is 0 Å². The van der Waals surface area contributed by atoms with Crippen LogP contribution in [0.5, 0.6) is 0 Å². The summed E-state index contributed by atoms with van der Waals surface area (Å²) in [5.41, 5.74) is 3.96. The number of thiazole rings is 1. The molecule has 1 nitrogen and oxygen atoms in total. The van der Waals surface area contributed by atoms with E-state index < -0.39 is 0 Å². The summed E-state index contributed by atoms with van der Waals surface area (Å²) in [5, 5.41) is 1.29. The van der Waals surface area contributed by atoms with Crippen LogP contribution in [0.3, 0.4) is 0 Å². The number of benzene rings is 2. The molecule has 0 aliphatic heterocycles. The third kappa shape index (κ3) is 2.04. The molecule has 0 saturated carbocycles. The number of halogens is 1. The van der Waals surface area contributed by atoms with E-state index in [-0.39, 0.29) is 5.38 Å². The van der Waals surface area contributed by atoms with Gasteiger partial charge in [-0.05, 0) is 29.7 Å². The molecule has 2 aromatic carbocycles. The normalized spacial score (nSPS) is 18.6. The van der Waals surface area contributed by atoms with E-state index in [9.17, 15) is 0 Å². The van der Waals surface area contributed by atoms with Gasteiger partial charge in [-0.25, -0.2) is 4.98 Å². The van der Waals surface area contributed by atoms with Crippen LogP contribution in [0.25, 0.3) is 10.2 Å². The molecular weight excluding hydrogens is 286 g/mol. The molecule has 0 fully saturated rings. The lowest BCUT2D eigenvalue weighted by Crippen LogP contribution is -2.26. The van der Waals surface area contributed by atoms with Crippen molar-refractivity contribution in [1.82, 2.24) is 4.98 Å². The maximum absolute atomic E-state index is 6.64. The molecule has 4 rings (SSSR count). The zero-order chi connectivity index (χ0) is 13.5. The Morgan fingerprint density at radius 3 is 2.80 bits per heavy atom. The van der Waals surface area contributed by atoms with Gasteiger partial charge in [-0.2, -0.15) is 0 Å². The van der Waals surface area contributed by atoms with E-state index in [1.54, 1.807) is 11.3 Å². The zero-order valence-electron chi connectivity index (χ0n) is 10.9. The number of fused-ring (bicyclic) bond motifs is 2. The molecule has 0 radical (unpaired) electrons. The molecule has 20 heavy (non-hydrogen) atoms. The molecule has 0 spiro atoms. The molecule has 1 aliphatic carbocycles. The van der Waals surface area contributed by atoms with Gasteiger partial charge in [0.15, 0.2) is 0 Å². The highest BCUT2D eigenvalue weighted by Gasteiger charge is 2.32. The van der Waals surface area contributed by atoms with Crippen LogP contribution >= 0.6 is 22.9 Å². The third-order valence-electron chi connectivity index (χ3n) is 4.04. The average molecular weight is 300 g/mol. The highest BCUT2D eigenvalue weighted by molar-refractivity contribution is 7.18. The van der Waals surface area contributed by atoms with Crippen LogP contribution in [0.2, 0.25) is 0 Å². The van der Waals surface area contributed by atoms with Crippen LogP contribution in [0.1, 0.15) is 22.1 Å². The smallest absolute Gasteiger partial charge is 0.0953 e. The number of para-hydroxylation sites is 1. The number of hydrogen-bond acceptors (Lipinski definition) is 2. The van der Waals surface area contributed by atoms with E-state index in [2.05, 4.69) is 47.4 Å². The van der Waals surface area contributed by atoms with Crippen molar-refractivity contribution in [3.05, 3.63) is 64.7 Å². The summed E-state index contributed by atoms with van der Waals surface area (Å²) < 4.78 is 1.25. The summed E-state index contributed by atoms with van der Waals surface area (Å²) >= 11 is 8.40. The lowest BCUT2D eigenvalue weighted by Gasteiger charge is -2.33. The van der Waals surface area contributed by atoms with E-state index in [0.29, 0.717) is 5.92 Å². The lowest BCUT2D eigenvalue weighted by atomic mass is 9.75. The van der Waals surface area contributed by atoms with Gasteiger partial charge in [0.05, 0.1) is 15.2 Å². The minimum absolute atomic E-state index is 0.144. The highest BCUT2D eigenvalue weighted by atomic mass is 35.5. The van der Waals surface area contributed by atoms with Gasteiger partial charge in [0.2, 0.25) is 0 Å². The summed E-state index contributed by atoms with van der Waals surface area (Å²) in [7, 11) is 0. The van der Waals surface area contributed by atoms with Crippen molar-refractivity contribution < 1.29 is 0 Å². The van der Waals surface area contributed by atoms with Crippen molar-refractivity contribution in [1.29, 1.82) is 0 Å². The Balaban J connectivity index is 1.55. The maximum atomic E-state index is 6.64. The first kappa shape index (κ1) is 12.4. The van der Waals surface area contributed by atoms with Crippen molar-refractivity contribution in [2.45, 2.75) is 24.1 Å². The van der Waals surface area contributed by atoms with Crippen LogP contribution in [0, 0.1) is 0 Å². The molecule has 3 aromatic rings. The molecule has 1 aromatic heterocycles. The fraction of sp³-hybridized carbons (Fsp3) is 0.235. The maximum Gasteiger partial charge on any atom is 0.0953 e. The fourth-order valence-corrected chi connectivity index (χ4v) is 4.42. The molecule has 2 atom stereocenters. The molecule has 100 valence electrons. The summed E-state index contributed by atoms with van der Waals surface area (Å²) in [5.74, 6) is 0.486. The molecular formula is C17H14ClNS. The molecule has 0 amide bonds. The summed E-state index contributed by atoms with van der Waals surface area (Å²) in [6.45, 7) is 0. The van der Waals surface area contributed by atoms with Crippen LogP contribution in [0.15, 0.2) is 48.5 Å². The van der Waals surface area contributed by atoms with Crippen molar-refractivity contribution >= 4 is 33.2 Å². The summed E-state index contributed by atoms with van der Waals surface area (Å²) in [6.07, 6.45) is 1.97. The van der Waals surface area contributed by atoms with Crippen molar-refractivity contribution in [3.8, 4) is 0 Å². The average Bonchev–Trinajstić information content (AvgIpc) is 2.82. The van der Waals surface area contributed by atoms with E-state index in [0.717, 1.165) is 23.4 Å². The minimum atomic E-state index is 0.144. The molecule has 1 heterocycles. The predicted molar refractivity (Wildman–Crippen MR) is 85.9 cm³/mol. The molecule has 3 heteroatoms. The third-order valence-corrected chi connectivity index (χ3v) is 5.56. The lowest BCUT2D eigenvalue weighted by molar-refractivity contribution is 0.567. The Kier molecular flexibility index (Phi) is 3.01. The second kappa shape index (κ2) is 4.87. The van der Waals surface area contributed by atoms with Crippen molar-refractivity contribution in [2.75, 3.05) is 0 Å². The van der Waals surface area contributed by atoms with Gasteiger partial charge in [-0.3, -0.25) is 0 Å². The van der Waals surface area contributed by atoms with Crippen LogP contribution in [-0.4, -0.2) is 10.4 Å². The Labute approximate surface area is 127 Å². The second-order valence-electron chi connectivity index (χ2n) is 5.30. The number of nitrogens with zero attached hydrogens (tertiary/aromatic N) is 1. The number of alkyl halides is 1. The fourth-order valence-electron chi connectivity index (χ4n) is 2.94. The molecule has 0 N–H and O–H groups in total. The van der Waals surface area contributed by atoms with Crippen molar-refractivity contribution in [2.24, 2.45) is 0 Å². The Bertz CT molecular complexity index is 731. The first-order chi connectivity index (χ1) is 9.81. The quantitative estimate of drug-likeness (QED) is 0.634. The Hall–Kier alpha value is -1.38. The minimum Gasteiger partial charge on any atom is -0.241 e. The first-order valence-electron chi connectivity index (χ1n) is 6.87. The number of rotatable bonds is 3. The van der Waals surface area contributed by atoms with Gasteiger partial charge in [0.25, 0.3) is 0 Å². The van der Waals surface area contributed by atoms with Gasteiger partial charge < -0.3 is 0 Å². The van der Waals surface area contributed by atoms with E-state index in [4.69, 9.17) is 11.6 Å². The molecule has 0 bridgehead atoms. The first-order valence-corrected chi connectivity index (χ1v) is 8.13. The molecule has 1 aliphatic rings. The van der Waals surface area contributed by atoms with Crippen LogP contribution < -0.4 is 0 Å².